The van der Waals surface area contributed by atoms with Crippen LogP contribution in [0, 0.1) is 0 Å². The van der Waals surface area contributed by atoms with E-state index in [9.17, 15) is 0 Å². The molecular formula is C15H33InO3. The van der Waals surface area contributed by atoms with E-state index in [-0.39, 0.29) is 0 Å². The standard InChI is InChI=1S/3C5H11O.In/c3*1-2-3-4-5-6;/h3*2-5H2,1H3;/q3*-1;+3. The molecule has 0 aromatic carbocycles. The normalized spacial score (nSPS) is 10.9. The molecule has 3 nitrogen and oxygen atoms in total. The molecule has 0 N–H and O–H groups in total. The summed E-state index contributed by atoms with van der Waals surface area (Å²) in [7, 11) is 0. The van der Waals surface area contributed by atoms with Gasteiger partial charge in [0.05, 0.1) is 0 Å². The molecule has 4 heteroatoms. The molecule has 0 aromatic rings. The summed E-state index contributed by atoms with van der Waals surface area (Å²) in [5.74, 6) is 0. The van der Waals surface area contributed by atoms with Crippen molar-refractivity contribution in [3.8, 4) is 0 Å². The van der Waals surface area contributed by atoms with E-state index in [1.165, 1.54) is 38.5 Å². The molecule has 19 heavy (non-hydrogen) atoms. The van der Waals surface area contributed by atoms with Crippen molar-refractivity contribution in [2.75, 3.05) is 19.8 Å². The van der Waals surface area contributed by atoms with E-state index in [0.717, 1.165) is 39.1 Å². The fraction of sp³-hybridized carbons (Fsp3) is 1.00. The average molecular weight is 376 g/mol. The van der Waals surface area contributed by atoms with Crippen molar-refractivity contribution in [2.24, 2.45) is 0 Å². The topological polar surface area (TPSA) is 27.7 Å². The van der Waals surface area contributed by atoms with Crippen LogP contribution in [0.5, 0.6) is 0 Å². The van der Waals surface area contributed by atoms with E-state index in [1.807, 2.05) is 0 Å². The molecule has 0 saturated carbocycles. The molecule has 0 aliphatic carbocycles. The summed E-state index contributed by atoms with van der Waals surface area (Å²) in [5, 5.41) is 0. The van der Waals surface area contributed by atoms with Crippen LogP contribution in [0.3, 0.4) is 0 Å². The zero-order valence-corrected chi connectivity index (χ0v) is 16.6. The first-order chi connectivity index (χ1) is 9.35. The van der Waals surface area contributed by atoms with E-state index in [0.29, 0.717) is 0 Å². The molecule has 0 spiro atoms. The third kappa shape index (κ3) is 15.0. The van der Waals surface area contributed by atoms with Crippen LogP contribution in [0.15, 0.2) is 0 Å². The van der Waals surface area contributed by atoms with E-state index in [4.69, 9.17) is 8.56 Å². The predicted octanol–water partition coefficient (Wildman–Crippen LogP) is 4.59. The van der Waals surface area contributed by atoms with Gasteiger partial charge in [-0.25, -0.2) is 0 Å². The second kappa shape index (κ2) is 16.8. The van der Waals surface area contributed by atoms with Crippen molar-refractivity contribution in [3.05, 3.63) is 0 Å². The Kier molecular flexibility index (Phi) is 17.5. The minimum atomic E-state index is -2.58. The maximum absolute atomic E-state index is 5.87. The van der Waals surface area contributed by atoms with Crippen LogP contribution in [-0.2, 0) is 8.56 Å². The zero-order chi connectivity index (χ0) is 14.2. The summed E-state index contributed by atoms with van der Waals surface area (Å²) in [5.41, 5.74) is 0. The third-order valence-electron chi connectivity index (χ3n) is 3.01. The monoisotopic (exact) mass is 376 g/mol. The van der Waals surface area contributed by atoms with Crippen molar-refractivity contribution < 1.29 is 8.56 Å². The Bertz CT molecular complexity index is 139. The van der Waals surface area contributed by atoms with Gasteiger partial charge in [-0.15, -0.1) is 0 Å². The van der Waals surface area contributed by atoms with Gasteiger partial charge in [0, 0.05) is 0 Å². The van der Waals surface area contributed by atoms with E-state index >= 15 is 0 Å². The van der Waals surface area contributed by atoms with Crippen LogP contribution in [-0.4, -0.2) is 42.6 Å². The maximum atomic E-state index is 5.87. The summed E-state index contributed by atoms with van der Waals surface area (Å²) in [6.07, 6.45) is 10.8. The second-order valence-electron chi connectivity index (χ2n) is 5.02. The Morgan fingerprint density at radius 2 is 0.842 bits per heavy atom. The Morgan fingerprint density at radius 3 is 1.11 bits per heavy atom. The van der Waals surface area contributed by atoms with E-state index < -0.39 is 22.7 Å². The molecule has 0 heterocycles. The van der Waals surface area contributed by atoms with Gasteiger partial charge >= 0.3 is 130 Å². The van der Waals surface area contributed by atoms with Gasteiger partial charge in [0.1, 0.15) is 0 Å². The fourth-order valence-electron chi connectivity index (χ4n) is 1.74. The molecule has 0 amide bonds. The van der Waals surface area contributed by atoms with Crippen LogP contribution in [0.4, 0.5) is 0 Å². The SMILES string of the molecule is CCCCC[O][In]([O]CCCCC)[O]CCCCC. The Labute approximate surface area is 129 Å². The van der Waals surface area contributed by atoms with Crippen molar-refractivity contribution >= 4 is 22.7 Å². The first-order valence-corrected chi connectivity index (χ1v) is 12.2. The molecule has 0 unspecified atom stereocenters. The number of unbranched alkanes of at least 4 members (excludes halogenated alkanes) is 6. The van der Waals surface area contributed by atoms with Gasteiger partial charge in [-0.1, -0.05) is 0 Å². The quantitative estimate of drug-likeness (QED) is 0.391. The van der Waals surface area contributed by atoms with Crippen molar-refractivity contribution in [1.82, 2.24) is 0 Å². The van der Waals surface area contributed by atoms with Gasteiger partial charge in [-0.3, -0.25) is 0 Å². The Hall–Kier alpha value is 0.750. The molecular weight excluding hydrogens is 343 g/mol. The predicted molar refractivity (Wildman–Crippen MR) is 82.2 cm³/mol. The molecule has 0 aliphatic rings. The summed E-state index contributed by atoms with van der Waals surface area (Å²) in [6, 6.07) is 0. The van der Waals surface area contributed by atoms with Gasteiger partial charge < -0.3 is 0 Å². The Balaban J connectivity index is 3.66. The van der Waals surface area contributed by atoms with Gasteiger partial charge in [-0.2, -0.15) is 0 Å². The number of hydrogen-bond acceptors (Lipinski definition) is 3. The van der Waals surface area contributed by atoms with E-state index in [2.05, 4.69) is 20.8 Å². The first-order valence-electron chi connectivity index (χ1n) is 8.19. The van der Waals surface area contributed by atoms with Crippen LogP contribution in [0.1, 0.15) is 78.6 Å². The van der Waals surface area contributed by atoms with Crippen molar-refractivity contribution in [3.63, 3.8) is 0 Å². The second-order valence-corrected chi connectivity index (χ2v) is 9.52. The van der Waals surface area contributed by atoms with Gasteiger partial charge in [0.2, 0.25) is 0 Å². The molecule has 0 radical (unpaired) electrons. The average Bonchev–Trinajstić information content (AvgIpc) is 2.43. The molecule has 0 atom stereocenters. The van der Waals surface area contributed by atoms with E-state index in [1.54, 1.807) is 0 Å². The molecule has 0 bridgehead atoms. The third-order valence-corrected chi connectivity index (χ3v) is 7.35. The zero-order valence-electron chi connectivity index (χ0n) is 13.3. The molecule has 0 aliphatic heterocycles. The fourth-order valence-corrected chi connectivity index (χ4v) is 5.64. The molecule has 0 aromatic heterocycles. The summed E-state index contributed by atoms with van der Waals surface area (Å²) in [4.78, 5) is 0. The van der Waals surface area contributed by atoms with Crippen molar-refractivity contribution in [2.45, 2.75) is 78.6 Å². The summed E-state index contributed by atoms with van der Waals surface area (Å²) >= 11 is -2.58. The number of rotatable bonds is 15. The van der Waals surface area contributed by atoms with Gasteiger partial charge in [-0.05, 0) is 0 Å². The Morgan fingerprint density at radius 1 is 0.526 bits per heavy atom. The van der Waals surface area contributed by atoms with Crippen molar-refractivity contribution in [1.29, 1.82) is 0 Å². The minimum absolute atomic E-state index is 0.830. The summed E-state index contributed by atoms with van der Waals surface area (Å²) in [6.45, 7) is 9.12. The van der Waals surface area contributed by atoms with Crippen LogP contribution in [0.25, 0.3) is 0 Å². The van der Waals surface area contributed by atoms with Gasteiger partial charge in [0.15, 0.2) is 0 Å². The first kappa shape index (κ1) is 19.8. The summed E-state index contributed by atoms with van der Waals surface area (Å²) < 4.78 is 17.6. The molecule has 0 rings (SSSR count). The van der Waals surface area contributed by atoms with Gasteiger partial charge in [0.25, 0.3) is 0 Å². The molecule has 0 saturated heterocycles. The van der Waals surface area contributed by atoms with Crippen LogP contribution >= 0.6 is 0 Å². The number of hydrogen-bond donors (Lipinski definition) is 0. The molecule has 0 fully saturated rings. The van der Waals surface area contributed by atoms with Crippen LogP contribution < -0.4 is 0 Å². The van der Waals surface area contributed by atoms with Crippen LogP contribution in [0.2, 0.25) is 0 Å². The molecule has 114 valence electrons.